The summed E-state index contributed by atoms with van der Waals surface area (Å²) in [5, 5.41) is 25.0. The third-order valence-corrected chi connectivity index (χ3v) is 3.54. The number of hydrazone groups is 1. The van der Waals surface area contributed by atoms with Crippen LogP contribution >= 0.6 is 0 Å². The van der Waals surface area contributed by atoms with Crippen molar-refractivity contribution in [2.24, 2.45) is 16.6 Å². The number of rotatable bonds is 11. The first-order chi connectivity index (χ1) is 14.9. The molecule has 0 heterocycles. The maximum absolute atomic E-state index is 11.5. The summed E-state index contributed by atoms with van der Waals surface area (Å²) in [5.41, 5.74) is 11.7. The molecule has 0 spiro atoms. The molecular weight excluding hydrogens is 441 g/mol. The van der Waals surface area contributed by atoms with Crippen LogP contribution in [0.1, 0.15) is 25.3 Å². The first-order valence-corrected chi connectivity index (χ1v) is 9.13. The Morgan fingerprint density at radius 1 is 1.28 bits per heavy atom. The molecular formula is C17H25F3N6O6. The molecule has 180 valence electrons. The Labute approximate surface area is 180 Å². The zero-order valence-electron chi connectivity index (χ0n) is 17.1. The van der Waals surface area contributed by atoms with Crippen LogP contribution in [0.25, 0.3) is 0 Å². The third-order valence-electron chi connectivity index (χ3n) is 3.54. The number of benzene rings is 1. The average Bonchev–Trinajstić information content (AvgIpc) is 2.67. The van der Waals surface area contributed by atoms with Crippen LogP contribution in [0, 0.1) is 10.1 Å². The molecule has 1 rings (SSSR count). The van der Waals surface area contributed by atoms with Crippen molar-refractivity contribution < 1.29 is 37.6 Å². The van der Waals surface area contributed by atoms with Crippen LogP contribution in [0.5, 0.6) is 5.75 Å². The fourth-order valence-corrected chi connectivity index (χ4v) is 2.10. The number of primary amides is 1. The van der Waals surface area contributed by atoms with Crippen molar-refractivity contribution in [1.82, 2.24) is 10.6 Å². The average molecular weight is 466 g/mol. The number of nitrogens with zero attached hydrogens (tertiary/aromatic N) is 2. The number of hydrogen-bond acceptors (Lipinski definition) is 6. The first kappa shape index (κ1) is 28.4. The molecule has 12 nitrogen and oxygen atoms in total. The van der Waals surface area contributed by atoms with E-state index in [-0.39, 0.29) is 5.96 Å². The fraction of sp³-hybridized carbons (Fsp3) is 0.471. The Balaban J connectivity index is 0.00000118. The molecule has 15 heteroatoms. The molecule has 0 bridgehead atoms. The van der Waals surface area contributed by atoms with Crippen molar-refractivity contribution in [3.8, 4) is 5.75 Å². The fourth-order valence-electron chi connectivity index (χ4n) is 2.10. The molecule has 1 aromatic rings. The van der Waals surface area contributed by atoms with Gasteiger partial charge in [0.2, 0.25) is 5.91 Å². The second-order valence-corrected chi connectivity index (χ2v) is 6.01. The van der Waals surface area contributed by atoms with E-state index in [1.54, 1.807) is 0 Å². The Kier molecular flexibility index (Phi) is 12.8. The quantitative estimate of drug-likeness (QED) is 0.102. The summed E-state index contributed by atoms with van der Waals surface area (Å²) in [7, 11) is 0. The summed E-state index contributed by atoms with van der Waals surface area (Å²) in [6.45, 7) is 3.35. The first-order valence-electron chi connectivity index (χ1n) is 9.13. The second kappa shape index (κ2) is 14.4. The van der Waals surface area contributed by atoms with Gasteiger partial charge in [-0.1, -0.05) is 12.1 Å². The van der Waals surface area contributed by atoms with Crippen LogP contribution in [0.3, 0.4) is 0 Å². The van der Waals surface area contributed by atoms with Gasteiger partial charge in [-0.2, -0.15) is 13.2 Å². The van der Waals surface area contributed by atoms with E-state index in [1.807, 2.05) is 31.2 Å². The van der Waals surface area contributed by atoms with Crippen molar-refractivity contribution >= 4 is 17.8 Å². The molecule has 1 aromatic carbocycles. The Bertz CT molecular complexity index is 773. The van der Waals surface area contributed by atoms with E-state index in [0.717, 1.165) is 11.3 Å². The van der Waals surface area contributed by atoms with Gasteiger partial charge in [0, 0.05) is 13.1 Å². The van der Waals surface area contributed by atoms with Crippen LogP contribution < -0.4 is 26.8 Å². The molecule has 0 aliphatic heterocycles. The van der Waals surface area contributed by atoms with Crippen molar-refractivity contribution in [2.75, 3.05) is 13.2 Å². The van der Waals surface area contributed by atoms with Crippen LogP contribution in [-0.4, -0.2) is 53.3 Å². The van der Waals surface area contributed by atoms with Gasteiger partial charge in [-0.3, -0.25) is 4.79 Å². The lowest BCUT2D eigenvalue weighted by atomic mass is 10.1. The molecule has 32 heavy (non-hydrogen) atoms. The van der Waals surface area contributed by atoms with Gasteiger partial charge in [-0.25, -0.2) is 14.9 Å². The van der Waals surface area contributed by atoms with Gasteiger partial charge in [0.25, 0.3) is 5.96 Å². The number of aliphatic carboxylic acids is 1. The van der Waals surface area contributed by atoms with Gasteiger partial charge >= 0.3 is 12.1 Å². The van der Waals surface area contributed by atoms with Gasteiger partial charge in [0.05, 0.1) is 12.6 Å². The predicted octanol–water partition coefficient (Wildman–Crippen LogP) is 0.538. The smallest absolute Gasteiger partial charge is 0.490 e. The molecule has 1 amide bonds. The molecule has 0 aliphatic rings. The zero-order valence-corrected chi connectivity index (χ0v) is 17.1. The van der Waals surface area contributed by atoms with E-state index >= 15 is 0 Å². The maximum Gasteiger partial charge on any atom is 0.490 e. The van der Waals surface area contributed by atoms with E-state index in [1.165, 1.54) is 0 Å². The lowest BCUT2D eigenvalue weighted by molar-refractivity contribution is -0.485. The number of amides is 1. The van der Waals surface area contributed by atoms with Crippen molar-refractivity contribution in [3.05, 3.63) is 39.9 Å². The van der Waals surface area contributed by atoms with Crippen LogP contribution in [-0.2, 0) is 16.1 Å². The third kappa shape index (κ3) is 13.6. The number of guanidine groups is 1. The number of carboxylic acids is 1. The van der Waals surface area contributed by atoms with E-state index in [9.17, 15) is 28.1 Å². The summed E-state index contributed by atoms with van der Waals surface area (Å²) in [5.74, 6) is -2.70. The number of alkyl halides is 3. The molecule has 1 atom stereocenters. The molecule has 0 saturated carbocycles. The monoisotopic (exact) mass is 466 g/mol. The summed E-state index contributed by atoms with van der Waals surface area (Å²) >= 11 is 0. The highest BCUT2D eigenvalue weighted by Gasteiger charge is 2.38. The van der Waals surface area contributed by atoms with E-state index in [2.05, 4.69) is 15.7 Å². The number of nitrogens with two attached hydrogens (primary N) is 2. The van der Waals surface area contributed by atoms with Crippen LogP contribution in [0.15, 0.2) is 29.4 Å². The van der Waals surface area contributed by atoms with E-state index < -0.39 is 29.1 Å². The summed E-state index contributed by atoms with van der Waals surface area (Å²) in [4.78, 5) is 30.5. The topological polar surface area (TPSA) is 195 Å². The molecule has 0 aromatic heterocycles. The number of nitrogens with one attached hydrogen (secondary N) is 2. The van der Waals surface area contributed by atoms with Gasteiger partial charge in [0.1, 0.15) is 10.9 Å². The van der Waals surface area contributed by atoms with Gasteiger partial charge < -0.3 is 31.9 Å². The van der Waals surface area contributed by atoms with Crippen LogP contribution in [0.2, 0.25) is 0 Å². The minimum Gasteiger partial charge on any atom is -0.494 e. The highest BCUT2D eigenvalue weighted by molar-refractivity contribution is 5.79. The lowest BCUT2D eigenvalue weighted by Crippen LogP contribution is -2.41. The number of carbonyl (C=O) groups is 2. The number of nitro groups is 1. The Hall–Kier alpha value is -3.62. The van der Waals surface area contributed by atoms with Gasteiger partial charge in [-0.15, -0.1) is 0 Å². The number of carboxylic acid groups (broad SMARTS) is 1. The number of hydrogen-bond donors (Lipinski definition) is 5. The van der Waals surface area contributed by atoms with Crippen molar-refractivity contribution in [1.29, 1.82) is 0 Å². The standard InChI is InChI=1S/C15H24N6O4.C2HF3O2/c1-2-25-12-7-5-11(6-8-12)10-19-13(14(16)22)4-3-9-18-15(17)20-21(23)24;3-2(4,5)1(6)7/h5-8,13,19H,2-4,9-10H2,1H3,(H2,16,22)(H3,17,18,20);(H,6,7)/t13-;/m1./s1. The minimum absolute atomic E-state index is 0.275. The highest BCUT2D eigenvalue weighted by Crippen LogP contribution is 2.13. The molecule has 0 fully saturated rings. The molecule has 0 saturated heterocycles. The summed E-state index contributed by atoms with van der Waals surface area (Å²) in [6.07, 6.45) is -4.08. The summed E-state index contributed by atoms with van der Waals surface area (Å²) in [6, 6.07) is 7.03. The van der Waals surface area contributed by atoms with Gasteiger partial charge in [-0.05, 0) is 37.5 Å². The zero-order chi connectivity index (χ0) is 24.7. The Morgan fingerprint density at radius 2 is 1.84 bits per heavy atom. The SMILES string of the molecule is CCOc1ccc(CN[C@H](CCCNC(N)=N[N+](=O)[O-])C(N)=O)cc1.O=C(O)C(F)(F)F. The molecule has 7 N–H and O–H groups in total. The van der Waals surface area contributed by atoms with Crippen molar-refractivity contribution in [2.45, 2.75) is 38.5 Å². The number of carbonyl (C=O) groups excluding carboxylic acids is 1. The minimum atomic E-state index is -5.08. The molecule has 0 aliphatic carbocycles. The Morgan fingerprint density at radius 3 is 2.28 bits per heavy atom. The van der Waals surface area contributed by atoms with Crippen molar-refractivity contribution in [3.63, 3.8) is 0 Å². The summed E-state index contributed by atoms with van der Waals surface area (Å²) < 4.78 is 37.1. The maximum atomic E-state index is 11.5. The number of halogens is 3. The second-order valence-electron chi connectivity index (χ2n) is 6.01. The molecule has 0 radical (unpaired) electrons. The van der Waals surface area contributed by atoms with Gasteiger partial charge in [0.15, 0.2) is 5.03 Å². The number of ether oxygens (including phenoxy) is 1. The highest BCUT2D eigenvalue weighted by atomic mass is 19.4. The van der Waals surface area contributed by atoms with E-state index in [0.29, 0.717) is 32.5 Å². The predicted molar refractivity (Wildman–Crippen MR) is 107 cm³/mol. The largest absolute Gasteiger partial charge is 0.494 e. The van der Waals surface area contributed by atoms with Crippen LogP contribution in [0.4, 0.5) is 13.2 Å². The van der Waals surface area contributed by atoms with E-state index in [4.69, 9.17) is 26.1 Å². The normalized spacial score (nSPS) is 12.2. The lowest BCUT2D eigenvalue weighted by Gasteiger charge is -2.15. The molecule has 0 unspecified atom stereocenters.